The van der Waals surface area contributed by atoms with E-state index in [1.807, 2.05) is 9.80 Å². The van der Waals surface area contributed by atoms with Crippen LogP contribution in [0.4, 0.5) is 0 Å². The quantitative estimate of drug-likeness (QED) is 0.813. The van der Waals surface area contributed by atoms with Crippen LogP contribution in [0.5, 0.6) is 0 Å². The van der Waals surface area contributed by atoms with E-state index < -0.39 is 5.97 Å². The highest BCUT2D eigenvalue weighted by Gasteiger charge is 2.36. The lowest BCUT2D eigenvalue weighted by atomic mass is 9.86. The summed E-state index contributed by atoms with van der Waals surface area (Å²) in [6.07, 6.45) is 9.90. The van der Waals surface area contributed by atoms with Gasteiger partial charge in [0.25, 0.3) is 0 Å². The molecule has 1 aliphatic heterocycles. The zero-order valence-electron chi connectivity index (χ0n) is 15.7. The standard InChI is InChI=1S/C20H32N2O4/c23-18(9-6-15-4-2-1-3-5-15)21-10-12-22(13-11-21)19(24)16-7-8-17(14-16)20(25)26/h15-17H,1-14H2,(H,25,26)/t16-,17+/m0/s1. The zero-order chi connectivity index (χ0) is 18.5. The van der Waals surface area contributed by atoms with Gasteiger partial charge in [0, 0.05) is 38.5 Å². The molecule has 6 nitrogen and oxygen atoms in total. The number of carbonyl (C=O) groups is 3. The van der Waals surface area contributed by atoms with Gasteiger partial charge in [-0.1, -0.05) is 32.1 Å². The first-order valence-corrected chi connectivity index (χ1v) is 10.3. The molecule has 0 spiro atoms. The molecule has 0 bridgehead atoms. The number of aliphatic carboxylic acids is 1. The fourth-order valence-corrected chi connectivity index (χ4v) is 4.83. The van der Waals surface area contributed by atoms with Crippen molar-refractivity contribution >= 4 is 17.8 Å². The second kappa shape index (κ2) is 8.87. The molecule has 1 N–H and O–H groups in total. The fraction of sp³-hybridized carbons (Fsp3) is 0.850. The highest BCUT2D eigenvalue weighted by atomic mass is 16.4. The Morgan fingerprint density at radius 1 is 0.808 bits per heavy atom. The minimum absolute atomic E-state index is 0.0862. The largest absolute Gasteiger partial charge is 0.481 e. The van der Waals surface area contributed by atoms with Gasteiger partial charge in [0.15, 0.2) is 0 Å². The van der Waals surface area contributed by atoms with E-state index in [0.29, 0.717) is 51.9 Å². The normalized spacial score (nSPS) is 27.5. The van der Waals surface area contributed by atoms with Gasteiger partial charge in [-0.05, 0) is 31.6 Å². The highest BCUT2D eigenvalue weighted by molar-refractivity contribution is 5.81. The SMILES string of the molecule is O=C(O)[C@@H]1CC[C@H](C(=O)N2CCN(C(=O)CCC3CCCCC3)CC2)C1. The Bertz CT molecular complexity index is 522. The van der Waals surface area contributed by atoms with Crippen molar-refractivity contribution in [1.29, 1.82) is 0 Å². The topological polar surface area (TPSA) is 77.9 Å². The summed E-state index contributed by atoms with van der Waals surface area (Å²) >= 11 is 0. The number of piperazine rings is 1. The first-order chi connectivity index (χ1) is 12.5. The molecule has 146 valence electrons. The van der Waals surface area contributed by atoms with Crippen molar-refractivity contribution in [1.82, 2.24) is 9.80 Å². The number of rotatable bonds is 5. The van der Waals surface area contributed by atoms with Crippen molar-refractivity contribution < 1.29 is 19.5 Å². The minimum Gasteiger partial charge on any atom is -0.481 e. The van der Waals surface area contributed by atoms with Crippen molar-refractivity contribution in [2.24, 2.45) is 17.8 Å². The second-order valence-corrected chi connectivity index (χ2v) is 8.29. The number of carboxylic acids is 1. The third-order valence-corrected chi connectivity index (χ3v) is 6.57. The number of carbonyl (C=O) groups excluding carboxylic acids is 2. The minimum atomic E-state index is -0.784. The molecular weight excluding hydrogens is 332 g/mol. The van der Waals surface area contributed by atoms with E-state index >= 15 is 0 Å². The third-order valence-electron chi connectivity index (χ3n) is 6.57. The van der Waals surface area contributed by atoms with Crippen molar-refractivity contribution in [2.45, 2.75) is 64.2 Å². The van der Waals surface area contributed by atoms with E-state index in [4.69, 9.17) is 5.11 Å². The van der Waals surface area contributed by atoms with Gasteiger partial charge in [0.1, 0.15) is 0 Å². The lowest BCUT2D eigenvalue weighted by molar-refractivity contribution is -0.143. The number of amides is 2. The Balaban J connectivity index is 1.38. The van der Waals surface area contributed by atoms with Crippen LogP contribution in [0, 0.1) is 17.8 Å². The van der Waals surface area contributed by atoms with Crippen LogP contribution in [0.1, 0.15) is 64.2 Å². The van der Waals surface area contributed by atoms with Gasteiger partial charge < -0.3 is 14.9 Å². The van der Waals surface area contributed by atoms with E-state index in [-0.39, 0.29) is 23.7 Å². The summed E-state index contributed by atoms with van der Waals surface area (Å²) < 4.78 is 0. The molecule has 2 atom stereocenters. The number of hydrogen-bond acceptors (Lipinski definition) is 3. The average Bonchev–Trinajstić information content (AvgIpc) is 3.17. The first kappa shape index (κ1) is 19.2. The molecular formula is C20H32N2O4. The van der Waals surface area contributed by atoms with Gasteiger partial charge in [-0.3, -0.25) is 14.4 Å². The van der Waals surface area contributed by atoms with Crippen molar-refractivity contribution in [3.63, 3.8) is 0 Å². The summed E-state index contributed by atoms with van der Waals surface area (Å²) in [5.41, 5.74) is 0. The monoisotopic (exact) mass is 364 g/mol. The summed E-state index contributed by atoms with van der Waals surface area (Å²) in [4.78, 5) is 39.9. The summed E-state index contributed by atoms with van der Waals surface area (Å²) in [6.45, 7) is 2.40. The van der Waals surface area contributed by atoms with E-state index in [2.05, 4.69) is 0 Å². The molecule has 0 aromatic heterocycles. The lowest BCUT2D eigenvalue weighted by Gasteiger charge is -2.36. The number of carboxylic acid groups (broad SMARTS) is 1. The van der Waals surface area contributed by atoms with E-state index in [9.17, 15) is 14.4 Å². The smallest absolute Gasteiger partial charge is 0.306 e. The average molecular weight is 364 g/mol. The molecule has 0 unspecified atom stereocenters. The summed E-state index contributed by atoms with van der Waals surface area (Å²) in [6, 6.07) is 0. The Labute approximate surface area is 155 Å². The summed E-state index contributed by atoms with van der Waals surface area (Å²) in [7, 11) is 0. The molecule has 26 heavy (non-hydrogen) atoms. The van der Waals surface area contributed by atoms with Gasteiger partial charge in [0.05, 0.1) is 5.92 Å². The Kier molecular flexibility index (Phi) is 6.54. The van der Waals surface area contributed by atoms with Crippen LogP contribution in [0.25, 0.3) is 0 Å². The van der Waals surface area contributed by atoms with Crippen LogP contribution in [0.2, 0.25) is 0 Å². The van der Waals surface area contributed by atoms with Crippen LogP contribution in [-0.4, -0.2) is 58.9 Å². The molecule has 3 fully saturated rings. The van der Waals surface area contributed by atoms with Crippen LogP contribution < -0.4 is 0 Å². The second-order valence-electron chi connectivity index (χ2n) is 8.29. The molecule has 1 heterocycles. The van der Waals surface area contributed by atoms with Crippen molar-refractivity contribution in [2.75, 3.05) is 26.2 Å². The maximum Gasteiger partial charge on any atom is 0.306 e. The van der Waals surface area contributed by atoms with Crippen LogP contribution in [0.3, 0.4) is 0 Å². The third kappa shape index (κ3) is 4.77. The van der Waals surface area contributed by atoms with Gasteiger partial charge in [-0.15, -0.1) is 0 Å². The van der Waals surface area contributed by atoms with Gasteiger partial charge in [-0.2, -0.15) is 0 Å². The van der Waals surface area contributed by atoms with Crippen molar-refractivity contribution in [3.8, 4) is 0 Å². The summed E-state index contributed by atoms with van der Waals surface area (Å²) in [5, 5.41) is 9.09. The molecule has 2 aliphatic carbocycles. The fourth-order valence-electron chi connectivity index (χ4n) is 4.83. The Morgan fingerprint density at radius 3 is 2.04 bits per heavy atom. The predicted molar refractivity (Wildman–Crippen MR) is 97.4 cm³/mol. The van der Waals surface area contributed by atoms with Gasteiger partial charge in [-0.25, -0.2) is 0 Å². The van der Waals surface area contributed by atoms with Crippen LogP contribution in [0.15, 0.2) is 0 Å². The molecule has 3 rings (SSSR count). The maximum absolute atomic E-state index is 12.6. The predicted octanol–water partition coefficient (Wildman–Crippen LogP) is 2.52. The lowest BCUT2D eigenvalue weighted by Crippen LogP contribution is -2.51. The number of hydrogen-bond donors (Lipinski definition) is 1. The zero-order valence-corrected chi connectivity index (χ0v) is 15.7. The first-order valence-electron chi connectivity index (χ1n) is 10.3. The molecule has 0 radical (unpaired) electrons. The molecule has 1 saturated heterocycles. The van der Waals surface area contributed by atoms with E-state index in [1.54, 1.807) is 0 Å². The van der Waals surface area contributed by atoms with Gasteiger partial charge >= 0.3 is 5.97 Å². The Morgan fingerprint density at radius 2 is 1.42 bits per heavy atom. The summed E-state index contributed by atoms with van der Waals surface area (Å²) in [5.74, 6) is -0.261. The van der Waals surface area contributed by atoms with Crippen LogP contribution >= 0.6 is 0 Å². The molecule has 3 aliphatic rings. The Hall–Kier alpha value is -1.59. The number of nitrogens with zero attached hydrogens (tertiary/aromatic N) is 2. The van der Waals surface area contributed by atoms with Crippen molar-refractivity contribution in [3.05, 3.63) is 0 Å². The van der Waals surface area contributed by atoms with Gasteiger partial charge in [0.2, 0.25) is 11.8 Å². The molecule has 2 amide bonds. The molecule has 2 saturated carbocycles. The molecule has 0 aromatic carbocycles. The molecule has 0 aromatic rings. The maximum atomic E-state index is 12.6. The molecule has 6 heteroatoms. The van der Waals surface area contributed by atoms with Crippen LogP contribution in [-0.2, 0) is 14.4 Å². The highest BCUT2D eigenvalue weighted by Crippen LogP contribution is 2.32. The van der Waals surface area contributed by atoms with E-state index in [1.165, 1.54) is 32.1 Å². The van der Waals surface area contributed by atoms with E-state index in [0.717, 1.165) is 12.3 Å².